The van der Waals surface area contributed by atoms with Crippen LogP contribution in [0, 0.1) is 0 Å². The molecule has 1 aromatic carbocycles. The molecule has 6 heteroatoms. The number of ether oxygens (including phenoxy) is 1. The third-order valence-electron chi connectivity index (χ3n) is 5.38. The number of benzene rings is 1. The summed E-state index contributed by atoms with van der Waals surface area (Å²) in [6.45, 7) is 3.19. The molecular formula is C23H22N4OS. The van der Waals surface area contributed by atoms with Crippen molar-refractivity contribution < 1.29 is 4.74 Å². The van der Waals surface area contributed by atoms with Crippen LogP contribution in [-0.2, 0) is 6.54 Å². The summed E-state index contributed by atoms with van der Waals surface area (Å²) in [6.07, 6.45) is 6.02. The number of hydrogen-bond donors (Lipinski definition) is 0. The summed E-state index contributed by atoms with van der Waals surface area (Å²) >= 11 is 1.47. The molecule has 0 radical (unpaired) electrons. The van der Waals surface area contributed by atoms with Crippen molar-refractivity contribution in [3.8, 4) is 10.9 Å². The van der Waals surface area contributed by atoms with Crippen molar-refractivity contribution in [2.45, 2.75) is 25.3 Å². The van der Waals surface area contributed by atoms with Gasteiger partial charge in [0, 0.05) is 30.6 Å². The molecule has 0 atom stereocenters. The fraction of sp³-hybridized carbons (Fsp3) is 0.261. The van der Waals surface area contributed by atoms with Crippen LogP contribution in [-0.4, -0.2) is 32.9 Å². The van der Waals surface area contributed by atoms with E-state index in [1.807, 2.05) is 36.5 Å². The van der Waals surface area contributed by atoms with Crippen LogP contribution in [0.3, 0.4) is 0 Å². The first kappa shape index (κ1) is 18.2. The maximum absolute atomic E-state index is 5.92. The van der Waals surface area contributed by atoms with Gasteiger partial charge in [0.05, 0.1) is 0 Å². The molecule has 0 aliphatic carbocycles. The maximum Gasteiger partial charge on any atom is 0.281 e. The highest BCUT2D eigenvalue weighted by molar-refractivity contribution is 7.19. The third-order valence-corrected chi connectivity index (χ3v) is 6.23. The van der Waals surface area contributed by atoms with E-state index in [1.165, 1.54) is 35.4 Å². The topological polar surface area (TPSA) is 51.1 Å². The summed E-state index contributed by atoms with van der Waals surface area (Å²) < 4.78 is 5.92. The fourth-order valence-corrected chi connectivity index (χ4v) is 4.60. The van der Waals surface area contributed by atoms with E-state index in [1.54, 1.807) is 6.20 Å². The van der Waals surface area contributed by atoms with Gasteiger partial charge in [-0.25, -0.2) is 9.97 Å². The van der Waals surface area contributed by atoms with Crippen molar-refractivity contribution >= 4 is 21.7 Å². The van der Waals surface area contributed by atoms with Gasteiger partial charge in [0.15, 0.2) is 0 Å². The van der Waals surface area contributed by atoms with Gasteiger partial charge in [0.25, 0.3) is 5.19 Å². The van der Waals surface area contributed by atoms with Gasteiger partial charge in [0.1, 0.15) is 16.1 Å². The molecule has 1 aliphatic rings. The number of pyridine rings is 2. The summed E-state index contributed by atoms with van der Waals surface area (Å²) in [5, 5.41) is 0.628. The number of aromatic nitrogens is 3. The van der Waals surface area contributed by atoms with Gasteiger partial charge in [0.2, 0.25) is 0 Å². The van der Waals surface area contributed by atoms with Gasteiger partial charge in [-0.3, -0.25) is 9.88 Å². The van der Waals surface area contributed by atoms with Crippen molar-refractivity contribution in [2.75, 3.05) is 13.1 Å². The Balaban J connectivity index is 1.17. The zero-order valence-electron chi connectivity index (χ0n) is 16.1. The molecular weight excluding hydrogens is 380 g/mol. The van der Waals surface area contributed by atoms with Gasteiger partial charge < -0.3 is 4.74 Å². The molecule has 3 aromatic heterocycles. The minimum absolute atomic E-state index is 0.589. The maximum atomic E-state index is 5.92. The summed E-state index contributed by atoms with van der Waals surface area (Å²) in [5.74, 6) is 1.40. The van der Waals surface area contributed by atoms with Gasteiger partial charge in [-0.1, -0.05) is 29.5 Å². The van der Waals surface area contributed by atoms with E-state index in [0.29, 0.717) is 11.1 Å². The first-order chi connectivity index (χ1) is 14.3. The van der Waals surface area contributed by atoms with E-state index in [-0.39, 0.29) is 0 Å². The van der Waals surface area contributed by atoms with E-state index in [0.717, 1.165) is 35.7 Å². The van der Waals surface area contributed by atoms with Gasteiger partial charge in [-0.2, -0.15) is 0 Å². The third kappa shape index (κ3) is 4.28. The number of fused-ring (bicyclic) bond motifs is 1. The number of hydrogen-bond acceptors (Lipinski definition) is 6. The molecule has 1 fully saturated rings. The highest BCUT2D eigenvalue weighted by atomic mass is 32.1. The summed E-state index contributed by atoms with van der Waals surface area (Å²) in [6, 6.07) is 18.4. The van der Waals surface area contributed by atoms with Crippen LogP contribution in [0.1, 0.15) is 30.0 Å². The minimum Gasteiger partial charge on any atom is -0.431 e. The molecule has 1 aliphatic heterocycles. The molecule has 146 valence electrons. The fourth-order valence-electron chi connectivity index (χ4n) is 3.82. The molecule has 5 nitrogen and oxygen atoms in total. The zero-order valence-corrected chi connectivity index (χ0v) is 16.9. The Kier molecular flexibility index (Phi) is 5.19. The zero-order chi connectivity index (χ0) is 19.5. The van der Waals surface area contributed by atoms with Gasteiger partial charge in [-0.15, -0.1) is 0 Å². The highest BCUT2D eigenvalue weighted by Gasteiger charge is 2.21. The minimum atomic E-state index is 0.589. The molecule has 29 heavy (non-hydrogen) atoms. The monoisotopic (exact) mass is 402 g/mol. The number of thiazole rings is 1. The normalized spacial score (nSPS) is 15.6. The second-order valence-electron chi connectivity index (χ2n) is 7.36. The van der Waals surface area contributed by atoms with Crippen LogP contribution in [0.4, 0.5) is 0 Å². The molecule has 0 saturated carbocycles. The Hall–Kier alpha value is -2.83. The second-order valence-corrected chi connectivity index (χ2v) is 8.30. The molecule has 1 saturated heterocycles. The van der Waals surface area contributed by atoms with Crippen LogP contribution in [0.25, 0.3) is 10.3 Å². The number of rotatable bonds is 5. The van der Waals surface area contributed by atoms with E-state index >= 15 is 0 Å². The van der Waals surface area contributed by atoms with Crippen molar-refractivity contribution in [1.29, 1.82) is 0 Å². The summed E-state index contributed by atoms with van der Waals surface area (Å²) in [4.78, 5) is 16.7. The quantitative estimate of drug-likeness (QED) is 0.456. The molecule has 4 aromatic rings. The molecule has 0 amide bonds. The average Bonchev–Trinajstić information content (AvgIpc) is 3.19. The van der Waals surface area contributed by atoms with Crippen molar-refractivity contribution in [1.82, 2.24) is 19.9 Å². The predicted octanol–water partition coefficient (Wildman–Crippen LogP) is 5.26. The summed E-state index contributed by atoms with van der Waals surface area (Å²) in [7, 11) is 0. The lowest BCUT2D eigenvalue weighted by Crippen LogP contribution is -2.32. The SMILES string of the molecule is c1ccc(C2CCN(Cc3ccc(Oc4nc5cccnc5s4)cc3)CC2)nc1. The predicted molar refractivity (Wildman–Crippen MR) is 115 cm³/mol. The standard InChI is InChI=1S/C23H22N4OS/c1-2-12-24-20(4-1)18-10-14-27(15-11-18)16-17-6-8-19(9-7-17)28-23-26-21-5-3-13-25-22(21)29-23/h1-9,12-13,18H,10-11,14-16H2. The lowest BCUT2D eigenvalue weighted by Gasteiger charge is -2.31. The second kappa shape index (κ2) is 8.27. The molecule has 0 unspecified atom stereocenters. The van der Waals surface area contributed by atoms with E-state index in [2.05, 4.69) is 44.1 Å². The Morgan fingerprint density at radius 1 is 0.931 bits per heavy atom. The van der Waals surface area contributed by atoms with Crippen molar-refractivity contribution in [2.24, 2.45) is 0 Å². The van der Waals surface area contributed by atoms with E-state index in [4.69, 9.17) is 4.74 Å². The largest absolute Gasteiger partial charge is 0.431 e. The van der Waals surface area contributed by atoms with Crippen LogP contribution in [0.2, 0.25) is 0 Å². The Bertz CT molecular complexity index is 1040. The van der Waals surface area contributed by atoms with Crippen LogP contribution in [0.5, 0.6) is 10.9 Å². The number of likely N-dealkylation sites (tertiary alicyclic amines) is 1. The average molecular weight is 403 g/mol. The Morgan fingerprint density at radius 2 is 1.76 bits per heavy atom. The molecule has 4 heterocycles. The van der Waals surface area contributed by atoms with Gasteiger partial charge in [-0.05, 0) is 67.9 Å². The lowest BCUT2D eigenvalue weighted by molar-refractivity contribution is 0.203. The Labute approximate surface area is 174 Å². The molecule has 5 rings (SSSR count). The van der Waals surface area contributed by atoms with Crippen LogP contribution in [0.15, 0.2) is 67.0 Å². The number of nitrogens with zero attached hydrogens (tertiary/aromatic N) is 4. The first-order valence-corrected chi connectivity index (χ1v) is 10.8. The molecule has 0 spiro atoms. The van der Waals surface area contributed by atoms with Crippen molar-refractivity contribution in [3.05, 3.63) is 78.2 Å². The highest BCUT2D eigenvalue weighted by Crippen LogP contribution is 2.30. The summed E-state index contributed by atoms with van der Waals surface area (Å²) in [5.41, 5.74) is 3.41. The lowest BCUT2D eigenvalue weighted by atomic mass is 9.93. The van der Waals surface area contributed by atoms with Crippen LogP contribution >= 0.6 is 11.3 Å². The smallest absolute Gasteiger partial charge is 0.281 e. The van der Waals surface area contributed by atoms with E-state index in [9.17, 15) is 0 Å². The number of piperidine rings is 1. The van der Waals surface area contributed by atoms with E-state index < -0.39 is 0 Å². The molecule has 0 N–H and O–H groups in total. The molecule has 0 bridgehead atoms. The Morgan fingerprint density at radius 3 is 2.52 bits per heavy atom. The first-order valence-electron chi connectivity index (χ1n) is 9.95. The van der Waals surface area contributed by atoms with Crippen LogP contribution < -0.4 is 4.74 Å². The van der Waals surface area contributed by atoms with Crippen molar-refractivity contribution in [3.63, 3.8) is 0 Å². The van der Waals surface area contributed by atoms with Gasteiger partial charge >= 0.3 is 0 Å².